The van der Waals surface area contributed by atoms with Gasteiger partial charge in [0.25, 0.3) is 0 Å². The Morgan fingerprint density at radius 2 is 2.06 bits per heavy atom. The minimum atomic E-state index is 0. The molecule has 4 atom stereocenters. The third kappa shape index (κ3) is 2.21. The number of carbonyl (C=O) groups excluding carboxylic acids is 1. The van der Waals surface area contributed by atoms with Crippen LogP contribution in [0.5, 0.6) is 0 Å². The lowest BCUT2D eigenvalue weighted by Crippen LogP contribution is -2.42. The third-order valence-corrected chi connectivity index (χ3v) is 4.50. The van der Waals surface area contributed by atoms with Crippen molar-refractivity contribution < 1.29 is 4.79 Å². The Labute approximate surface area is 103 Å². The van der Waals surface area contributed by atoms with E-state index in [1.807, 2.05) is 0 Å². The lowest BCUT2D eigenvalue weighted by Gasteiger charge is -2.24. The summed E-state index contributed by atoms with van der Waals surface area (Å²) in [5.41, 5.74) is 0. The lowest BCUT2D eigenvalue weighted by molar-refractivity contribution is -0.125. The van der Waals surface area contributed by atoms with Gasteiger partial charge in [0.2, 0.25) is 5.91 Å². The fraction of sp³-hybridized carbons (Fsp3) is 0.917. The van der Waals surface area contributed by atoms with Crippen molar-refractivity contribution in [3.8, 4) is 0 Å². The number of nitrogens with one attached hydrogen (secondary N) is 2. The van der Waals surface area contributed by atoms with E-state index in [1.54, 1.807) is 0 Å². The van der Waals surface area contributed by atoms with Gasteiger partial charge in [0.05, 0.1) is 5.92 Å². The van der Waals surface area contributed by atoms with Crippen LogP contribution in [0.3, 0.4) is 0 Å². The molecule has 3 nitrogen and oxygen atoms in total. The Morgan fingerprint density at radius 3 is 2.62 bits per heavy atom. The Balaban J connectivity index is 0.000000963. The summed E-state index contributed by atoms with van der Waals surface area (Å²) in [4.78, 5) is 11.9. The van der Waals surface area contributed by atoms with Crippen LogP contribution in [0.1, 0.15) is 32.1 Å². The van der Waals surface area contributed by atoms with Crippen LogP contribution in [0.25, 0.3) is 0 Å². The molecule has 4 heteroatoms. The average Bonchev–Trinajstić information content (AvgIpc) is 2.95. The van der Waals surface area contributed by atoms with Gasteiger partial charge in [-0.2, -0.15) is 0 Å². The number of fused-ring (bicyclic) bond motifs is 2. The van der Waals surface area contributed by atoms with E-state index < -0.39 is 0 Å². The van der Waals surface area contributed by atoms with Crippen LogP contribution in [0.15, 0.2) is 0 Å². The molecule has 16 heavy (non-hydrogen) atoms. The van der Waals surface area contributed by atoms with E-state index in [4.69, 9.17) is 0 Å². The fourth-order valence-corrected chi connectivity index (χ4v) is 3.60. The molecule has 0 spiro atoms. The minimum absolute atomic E-state index is 0. The summed E-state index contributed by atoms with van der Waals surface area (Å²) < 4.78 is 0. The predicted octanol–water partition coefficient (Wildman–Crippen LogP) is 1.32. The molecule has 2 saturated carbocycles. The second-order valence-corrected chi connectivity index (χ2v) is 5.48. The number of amides is 1. The quantitative estimate of drug-likeness (QED) is 0.770. The highest BCUT2D eigenvalue weighted by Gasteiger charge is 2.40. The molecule has 2 bridgehead atoms. The molecule has 0 aromatic heterocycles. The molecule has 3 aliphatic rings. The van der Waals surface area contributed by atoms with Gasteiger partial charge in [-0.15, -0.1) is 12.4 Å². The molecule has 1 saturated heterocycles. The first kappa shape index (κ1) is 12.2. The maximum Gasteiger partial charge on any atom is 0.224 e. The van der Waals surface area contributed by atoms with E-state index >= 15 is 0 Å². The van der Waals surface area contributed by atoms with E-state index in [9.17, 15) is 4.79 Å². The van der Waals surface area contributed by atoms with Crippen molar-refractivity contribution in [3.63, 3.8) is 0 Å². The van der Waals surface area contributed by atoms with E-state index in [1.165, 1.54) is 25.7 Å². The van der Waals surface area contributed by atoms with Crippen molar-refractivity contribution in [1.82, 2.24) is 10.6 Å². The summed E-state index contributed by atoms with van der Waals surface area (Å²) in [6.07, 6.45) is 6.39. The summed E-state index contributed by atoms with van der Waals surface area (Å²) in [5, 5.41) is 6.52. The second kappa shape index (κ2) is 4.92. The third-order valence-electron chi connectivity index (χ3n) is 4.50. The normalized spacial score (nSPS) is 40.8. The van der Waals surface area contributed by atoms with Crippen LogP contribution >= 0.6 is 12.4 Å². The summed E-state index contributed by atoms with van der Waals surface area (Å²) in [5.74, 6) is 2.26. The Hall–Kier alpha value is -0.280. The number of carbonyl (C=O) groups is 1. The van der Waals surface area contributed by atoms with Crippen molar-refractivity contribution >= 4 is 18.3 Å². The summed E-state index contributed by atoms with van der Waals surface area (Å²) in [6, 6.07) is 0.511. The molecule has 1 heterocycles. The molecule has 92 valence electrons. The first-order valence-corrected chi connectivity index (χ1v) is 6.34. The molecule has 0 aromatic carbocycles. The van der Waals surface area contributed by atoms with Gasteiger partial charge < -0.3 is 10.6 Å². The van der Waals surface area contributed by atoms with Gasteiger partial charge in [0.1, 0.15) is 0 Å². The molecular weight excluding hydrogens is 224 g/mol. The van der Waals surface area contributed by atoms with Gasteiger partial charge in [-0.1, -0.05) is 6.42 Å². The second-order valence-electron chi connectivity index (χ2n) is 5.48. The Bertz CT molecular complexity index is 266. The molecule has 0 aromatic rings. The molecule has 3 rings (SSSR count). The van der Waals surface area contributed by atoms with E-state index in [0.29, 0.717) is 11.9 Å². The van der Waals surface area contributed by atoms with Crippen molar-refractivity contribution in [3.05, 3.63) is 0 Å². The van der Waals surface area contributed by atoms with Crippen LogP contribution in [0.2, 0.25) is 0 Å². The van der Waals surface area contributed by atoms with Gasteiger partial charge in [0, 0.05) is 12.6 Å². The van der Waals surface area contributed by atoms with Gasteiger partial charge in [-0.25, -0.2) is 0 Å². The molecular formula is C12H21ClN2O. The first-order chi connectivity index (χ1) is 7.33. The highest BCUT2D eigenvalue weighted by Crippen LogP contribution is 2.44. The molecule has 0 radical (unpaired) electrons. The van der Waals surface area contributed by atoms with Gasteiger partial charge >= 0.3 is 0 Å². The first-order valence-electron chi connectivity index (χ1n) is 6.34. The monoisotopic (exact) mass is 244 g/mol. The summed E-state index contributed by atoms with van der Waals surface area (Å²) in [6.45, 7) is 1.89. The molecule has 3 fully saturated rings. The number of hydrogen-bond donors (Lipinski definition) is 2. The molecule has 1 amide bonds. The van der Waals surface area contributed by atoms with E-state index in [0.717, 1.165) is 31.3 Å². The molecule has 3 unspecified atom stereocenters. The number of hydrogen-bond acceptors (Lipinski definition) is 2. The van der Waals surface area contributed by atoms with Crippen LogP contribution in [-0.2, 0) is 4.79 Å². The van der Waals surface area contributed by atoms with E-state index in [2.05, 4.69) is 10.6 Å². The van der Waals surface area contributed by atoms with E-state index in [-0.39, 0.29) is 18.3 Å². The Kier molecular flexibility index (Phi) is 3.75. The summed E-state index contributed by atoms with van der Waals surface area (Å²) >= 11 is 0. The Morgan fingerprint density at radius 1 is 1.19 bits per heavy atom. The zero-order valence-corrected chi connectivity index (χ0v) is 10.4. The van der Waals surface area contributed by atoms with Crippen molar-refractivity contribution in [2.45, 2.75) is 38.1 Å². The summed E-state index contributed by atoms with van der Waals surface area (Å²) in [7, 11) is 0. The lowest BCUT2D eigenvalue weighted by atomic mass is 9.94. The topological polar surface area (TPSA) is 41.1 Å². The maximum absolute atomic E-state index is 11.9. The standard InChI is InChI=1S/C12H20N2O.ClH/c15-12(10-3-4-13-7-10)14-11-6-8-1-2-9(11)5-8;/h8-11,13H,1-7H2,(H,14,15);1H/t8?,9?,10-,11?;/m0./s1. The SMILES string of the molecule is Cl.O=C(NC1CC2CCC1C2)[C@H]1CCNC1. The highest BCUT2D eigenvalue weighted by molar-refractivity contribution is 5.85. The molecule has 2 aliphatic carbocycles. The highest BCUT2D eigenvalue weighted by atomic mass is 35.5. The van der Waals surface area contributed by atoms with Gasteiger partial charge in [-0.3, -0.25) is 4.79 Å². The number of halogens is 1. The van der Waals surface area contributed by atoms with Crippen LogP contribution in [0, 0.1) is 17.8 Å². The molecule has 1 aliphatic heterocycles. The van der Waals surface area contributed by atoms with Gasteiger partial charge in [-0.05, 0) is 44.1 Å². The van der Waals surface area contributed by atoms with Crippen LogP contribution < -0.4 is 10.6 Å². The van der Waals surface area contributed by atoms with Gasteiger partial charge in [0.15, 0.2) is 0 Å². The average molecular weight is 245 g/mol. The van der Waals surface area contributed by atoms with Crippen molar-refractivity contribution in [2.24, 2.45) is 17.8 Å². The number of rotatable bonds is 2. The van der Waals surface area contributed by atoms with Crippen molar-refractivity contribution in [1.29, 1.82) is 0 Å². The smallest absolute Gasteiger partial charge is 0.224 e. The largest absolute Gasteiger partial charge is 0.353 e. The zero-order valence-electron chi connectivity index (χ0n) is 9.58. The predicted molar refractivity (Wildman–Crippen MR) is 65.6 cm³/mol. The fourth-order valence-electron chi connectivity index (χ4n) is 3.60. The van der Waals surface area contributed by atoms with Crippen molar-refractivity contribution in [2.75, 3.05) is 13.1 Å². The maximum atomic E-state index is 11.9. The molecule has 2 N–H and O–H groups in total. The van der Waals surface area contributed by atoms with Crippen LogP contribution in [-0.4, -0.2) is 25.0 Å². The zero-order chi connectivity index (χ0) is 10.3. The van der Waals surface area contributed by atoms with Crippen LogP contribution in [0.4, 0.5) is 0 Å². The minimum Gasteiger partial charge on any atom is -0.353 e.